The maximum atomic E-state index is 12.0. The third kappa shape index (κ3) is 5.47. The largest absolute Gasteiger partial charge is 0.484 e. The van der Waals surface area contributed by atoms with E-state index in [4.69, 9.17) is 9.47 Å². The van der Waals surface area contributed by atoms with Crippen LogP contribution in [-0.4, -0.2) is 31.6 Å². The van der Waals surface area contributed by atoms with Gasteiger partial charge in [0.2, 0.25) is 0 Å². The smallest absolute Gasteiger partial charge is 0.262 e. The summed E-state index contributed by atoms with van der Waals surface area (Å²) < 4.78 is 11.2. The number of para-hydroxylation sites is 1. The fraction of sp³-hybridized carbons (Fsp3) is 0.143. The summed E-state index contributed by atoms with van der Waals surface area (Å²) in [5.41, 5.74) is 0.626. The Morgan fingerprint density at radius 1 is 0.926 bits per heavy atom. The molecular weight excluding hydrogens is 342 g/mol. The van der Waals surface area contributed by atoms with E-state index >= 15 is 0 Å². The van der Waals surface area contributed by atoms with Crippen LogP contribution >= 0.6 is 0 Å². The monoisotopic (exact) mass is 363 g/mol. The van der Waals surface area contributed by atoms with Crippen molar-refractivity contribution < 1.29 is 14.3 Å². The van der Waals surface area contributed by atoms with Gasteiger partial charge in [-0.25, -0.2) is 4.98 Å². The third-order valence-electron chi connectivity index (χ3n) is 3.66. The molecule has 1 heterocycles. The van der Waals surface area contributed by atoms with Gasteiger partial charge in [0.05, 0.1) is 11.9 Å². The summed E-state index contributed by atoms with van der Waals surface area (Å²) in [5.74, 6) is 2.62. The number of carbonyl (C=O) groups excluding carboxylic acids is 1. The lowest BCUT2D eigenvalue weighted by Crippen LogP contribution is -2.20. The highest BCUT2D eigenvalue weighted by atomic mass is 16.5. The van der Waals surface area contributed by atoms with E-state index in [-0.39, 0.29) is 12.5 Å². The SMILES string of the molecule is CN(C)c1ccc(NC(=O)COc2ccc(Oc3ccccc3)cc2)cn1. The van der Waals surface area contributed by atoms with Gasteiger partial charge in [-0.05, 0) is 48.5 Å². The number of hydrogen-bond acceptors (Lipinski definition) is 5. The highest BCUT2D eigenvalue weighted by molar-refractivity contribution is 5.91. The van der Waals surface area contributed by atoms with Crippen LogP contribution in [-0.2, 0) is 4.79 Å². The molecule has 2 aromatic carbocycles. The molecule has 138 valence electrons. The van der Waals surface area contributed by atoms with E-state index < -0.39 is 0 Å². The summed E-state index contributed by atoms with van der Waals surface area (Å²) >= 11 is 0. The van der Waals surface area contributed by atoms with Crippen molar-refractivity contribution in [3.8, 4) is 17.2 Å². The number of anilines is 2. The summed E-state index contributed by atoms with van der Waals surface area (Å²) in [5, 5.41) is 2.75. The molecule has 1 aromatic heterocycles. The Labute approximate surface area is 158 Å². The van der Waals surface area contributed by atoms with Crippen LogP contribution in [0, 0.1) is 0 Å². The molecule has 6 heteroatoms. The van der Waals surface area contributed by atoms with Crippen LogP contribution in [0.1, 0.15) is 0 Å². The molecule has 0 saturated heterocycles. The Bertz CT molecular complexity index is 863. The van der Waals surface area contributed by atoms with Crippen molar-refractivity contribution in [2.75, 3.05) is 30.9 Å². The molecule has 0 saturated carbocycles. The Balaban J connectivity index is 1.48. The lowest BCUT2D eigenvalue weighted by molar-refractivity contribution is -0.118. The van der Waals surface area contributed by atoms with Crippen LogP contribution in [0.5, 0.6) is 17.2 Å². The van der Waals surface area contributed by atoms with E-state index in [1.165, 1.54) is 0 Å². The number of hydrogen-bond donors (Lipinski definition) is 1. The van der Waals surface area contributed by atoms with Gasteiger partial charge < -0.3 is 19.7 Å². The number of carbonyl (C=O) groups is 1. The molecular formula is C21H21N3O3. The Hall–Kier alpha value is -3.54. The number of amides is 1. The molecule has 0 bridgehead atoms. The maximum Gasteiger partial charge on any atom is 0.262 e. The molecule has 0 radical (unpaired) electrons. The van der Waals surface area contributed by atoms with Gasteiger partial charge in [-0.2, -0.15) is 0 Å². The van der Waals surface area contributed by atoms with Crippen LogP contribution in [0.3, 0.4) is 0 Å². The van der Waals surface area contributed by atoms with E-state index in [1.807, 2.05) is 55.4 Å². The molecule has 1 amide bonds. The van der Waals surface area contributed by atoms with Crippen molar-refractivity contribution in [1.29, 1.82) is 0 Å². The van der Waals surface area contributed by atoms with E-state index in [0.29, 0.717) is 17.2 Å². The maximum absolute atomic E-state index is 12.0. The van der Waals surface area contributed by atoms with E-state index in [1.54, 1.807) is 36.5 Å². The quantitative estimate of drug-likeness (QED) is 0.688. The molecule has 0 spiro atoms. The van der Waals surface area contributed by atoms with Crippen molar-refractivity contribution in [1.82, 2.24) is 4.98 Å². The van der Waals surface area contributed by atoms with Crippen molar-refractivity contribution >= 4 is 17.4 Å². The number of benzene rings is 2. The average molecular weight is 363 g/mol. The molecule has 3 aromatic rings. The van der Waals surface area contributed by atoms with Gasteiger partial charge in [-0.1, -0.05) is 18.2 Å². The van der Waals surface area contributed by atoms with Gasteiger partial charge in [0.25, 0.3) is 5.91 Å². The van der Waals surface area contributed by atoms with Crippen LogP contribution in [0.25, 0.3) is 0 Å². The Kier molecular flexibility index (Phi) is 5.89. The lowest BCUT2D eigenvalue weighted by atomic mass is 10.3. The van der Waals surface area contributed by atoms with Crippen molar-refractivity contribution in [3.63, 3.8) is 0 Å². The molecule has 3 rings (SSSR count). The number of rotatable bonds is 7. The minimum Gasteiger partial charge on any atom is -0.484 e. The van der Waals surface area contributed by atoms with Crippen molar-refractivity contribution in [2.24, 2.45) is 0 Å². The fourth-order valence-corrected chi connectivity index (χ4v) is 2.30. The molecule has 0 fully saturated rings. The summed E-state index contributed by atoms with van der Waals surface area (Å²) in [4.78, 5) is 18.2. The number of pyridine rings is 1. The van der Waals surface area contributed by atoms with Crippen LogP contribution in [0.15, 0.2) is 72.9 Å². The van der Waals surface area contributed by atoms with Gasteiger partial charge in [0, 0.05) is 14.1 Å². The van der Waals surface area contributed by atoms with Gasteiger partial charge in [0.1, 0.15) is 23.1 Å². The second-order valence-electron chi connectivity index (χ2n) is 6.02. The second-order valence-corrected chi connectivity index (χ2v) is 6.02. The number of aromatic nitrogens is 1. The minimum absolute atomic E-state index is 0.0890. The first-order chi connectivity index (χ1) is 13.1. The summed E-state index contributed by atoms with van der Waals surface area (Å²) in [6.45, 7) is -0.0890. The standard InChI is InChI=1S/C21H21N3O3/c1-24(2)20-13-8-16(14-22-20)23-21(25)15-26-17-9-11-19(12-10-17)27-18-6-4-3-5-7-18/h3-14H,15H2,1-2H3,(H,23,25). The lowest BCUT2D eigenvalue weighted by Gasteiger charge is -2.12. The highest BCUT2D eigenvalue weighted by Gasteiger charge is 2.05. The van der Waals surface area contributed by atoms with E-state index in [9.17, 15) is 4.79 Å². The minimum atomic E-state index is -0.251. The van der Waals surface area contributed by atoms with Gasteiger partial charge >= 0.3 is 0 Å². The second kappa shape index (κ2) is 8.71. The number of nitrogens with one attached hydrogen (secondary N) is 1. The highest BCUT2D eigenvalue weighted by Crippen LogP contribution is 2.23. The zero-order valence-electron chi connectivity index (χ0n) is 15.3. The van der Waals surface area contributed by atoms with Crippen molar-refractivity contribution in [3.05, 3.63) is 72.9 Å². The molecule has 0 unspecified atom stereocenters. The first kappa shape index (κ1) is 18.3. The van der Waals surface area contributed by atoms with Crippen molar-refractivity contribution in [2.45, 2.75) is 0 Å². The Morgan fingerprint density at radius 3 is 2.22 bits per heavy atom. The predicted molar refractivity (Wildman–Crippen MR) is 106 cm³/mol. The Morgan fingerprint density at radius 2 is 1.59 bits per heavy atom. The third-order valence-corrected chi connectivity index (χ3v) is 3.66. The topological polar surface area (TPSA) is 63.7 Å². The molecule has 0 aliphatic heterocycles. The van der Waals surface area contributed by atoms with Crippen LogP contribution in [0.2, 0.25) is 0 Å². The van der Waals surface area contributed by atoms with Gasteiger partial charge in [0.15, 0.2) is 6.61 Å². The number of nitrogens with zero attached hydrogens (tertiary/aromatic N) is 2. The van der Waals surface area contributed by atoms with E-state index in [0.717, 1.165) is 11.6 Å². The number of ether oxygens (including phenoxy) is 2. The van der Waals surface area contributed by atoms with Crippen LogP contribution in [0.4, 0.5) is 11.5 Å². The molecule has 0 aliphatic rings. The molecule has 27 heavy (non-hydrogen) atoms. The molecule has 1 N–H and O–H groups in total. The molecule has 6 nitrogen and oxygen atoms in total. The normalized spacial score (nSPS) is 10.1. The molecule has 0 atom stereocenters. The fourth-order valence-electron chi connectivity index (χ4n) is 2.30. The first-order valence-corrected chi connectivity index (χ1v) is 8.49. The average Bonchev–Trinajstić information content (AvgIpc) is 2.69. The zero-order chi connectivity index (χ0) is 19.1. The summed E-state index contributed by atoms with van der Waals surface area (Å²) in [6, 6.07) is 20.3. The summed E-state index contributed by atoms with van der Waals surface area (Å²) in [6.07, 6.45) is 1.61. The van der Waals surface area contributed by atoms with E-state index in [2.05, 4.69) is 10.3 Å². The van der Waals surface area contributed by atoms with Gasteiger partial charge in [-0.3, -0.25) is 4.79 Å². The molecule has 0 aliphatic carbocycles. The zero-order valence-corrected chi connectivity index (χ0v) is 15.3. The predicted octanol–water partition coefficient (Wildman–Crippen LogP) is 3.96. The van der Waals surface area contributed by atoms with Crippen LogP contribution < -0.4 is 19.7 Å². The summed E-state index contributed by atoms with van der Waals surface area (Å²) in [7, 11) is 3.81. The van der Waals surface area contributed by atoms with Gasteiger partial charge in [-0.15, -0.1) is 0 Å². The first-order valence-electron chi connectivity index (χ1n) is 8.49.